The van der Waals surface area contributed by atoms with E-state index in [2.05, 4.69) is 92.7 Å². The van der Waals surface area contributed by atoms with Crippen molar-refractivity contribution in [2.45, 2.75) is 168 Å². The molecule has 3 aliphatic rings. The molecule has 3 saturated heterocycles. The Kier molecular flexibility index (Phi) is 23.4. The number of nitrogens with zero attached hydrogens (tertiary/aromatic N) is 8. The number of aromatic nitrogens is 2. The fourth-order valence-corrected chi connectivity index (χ4v) is 15.3. The number of ether oxygens (including phenoxy) is 4. The highest BCUT2D eigenvalue weighted by Gasteiger charge is 2.34. The van der Waals surface area contributed by atoms with E-state index in [-0.39, 0.29) is 85.7 Å². The maximum Gasteiger partial charge on any atom is 0.307 e. The summed E-state index contributed by atoms with van der Waals surface area (Å²) in [5.74, 6) is 0.708. The fourth-order valence-electron chi connectivity index (χ4n) is 13.7. The van der Waals surface area contributed by atoms with Crippen molar-refractivity contribution in [1.29, 1.82) is 0 Å². The van der Waals surface area contributed by atoms with Crippen molar-refractivity contribution in [1.82, 2.24) is 28.7 Å². The van der Waals surface area contributed by atoms with Crippen LogP contribution < -0.4 is 30.4 Å². The zero-order chi connectivity index (χ0) is 65.5. The monoisotopic (exact) mass is 1320 g/mol. The van der Waals surface area contributed by atoms with Gasteiger partial charge in [0.15, 0.2) is 25.9 Å². The second kappa shape index (κ2) is 32.6. The SMILES string of the molecule is CCCC(Oc1ccc2ccc(=O)n(COC(=O)CCCCCCC(=O)N3C[C@H](C)N(C(=O)CCCCCCC(=O)OCn4c(=O)ccc5ccc(OC(CCC)N6CCN(c7cccc8sccc78)CC6)cc54)C[C@H]3C)c2c1)N1CCN(c2cccc3sccc23)CC1. The summed E-state index contributed by atoms with van der Waals surface area (Å²) in [5.41, 5.74) is 3.32. The van der Waals surface area contributed by atoms with E-state index in [1.807, 2.05) is 60.0 Å². The Morgan fingerprint density at radius 1 is 0.479 bits per heavy atom. The molecule has 8 aromatic rings. The van der Waals surface area contributed by atoms with Gasteiger partial charge in [-0.1, -0.05) is 64.5 Å². The maximum atomic E-state index is 13.5. The Labute approximate surface area is 559 Å². The fraction of sp³-hybridized carbons (Fsp3) is 0.486. The lowest BCUT2D eigenvalue weighted by molar-refractivity contribution is -0.148. The molecule has 500 valence electrons. The number of carbonyl (C=O) groups is 4. The summed E-state index contributed by atoms with van der Waals surface area (Å²) in [4.78, 5) is 93.0. The van der Waals surface area contributed by atoms with Crippen LogP contribution in [0, 0.1) is 0 Å². The second-order valence-corrected chi connectivity index (χ2v) is 27.4. The quantitative estimate of drug-likeness (QED) is 0.0308. The Hall–Kier alpha value is -7.78. The first-order valence-electron chi connectivity index (χ1n) is 34.2. The number of hydrogen-bond donors (Lipinski definition) is 0. The molecule has 11 rings (SSSR count). The normalized spacial score (nSPS) is 17.3. The standard InChI is InChI=1S/C74H92N8O10S2/c1-5-17-71(77-41-37-75(38-42-77)61-19-15-21-65-59(61)35-45-93-65)91-57-31-27-55-29-33-69(85)81(63(55)47-57)51-89-73(87)25-13-9-7-11-23-67(83)79-49-54(4)80(50-53(79)3)68(84)24-12-8-10-14-26-74(88)90-52-82-64-48-58(32-28-56(64)30-34-70(82)86)92-72(18-6-2)78-43-39-76(40-44-78)62-20-16-22-66-60(62)36-46-94-66/h15-16,19-22,27-36,45-48,53-54,71-72H,5-14,17-18,23-26,37-44,49-52H2,1-4H3/t53-,54+,71?,72?. The average molecular weight is 1320 g/mol. The lowest BCUT2D eigenvalue weighted by Crippen LogP contribution is -2.59. The number of rotatable bonds is 30. The highest BCUT2D eigenvalue weighted by molar-refractivity contribution is 7.17. The van der Waals surface area contributed by atoms with E-state index in [1.165, 1.54) is 52.8 Å². The molecule has 4 aromatic heterocycles. The Balaban J connectivity index is 0.548. The van der Waals surface area contributed by atoms with Gasteiger partial charge in [0.25, 0.3) is 11.1 Å². The van der Waals surface area contributed by atoms with Crippen molar-refractivity contribution in [2.24, 2.45) is 0 Å². The number of anilines is 2. The number of thiophene rings is 2. The molecule has 0 aliphatic carbocycles. The number of benzene rings is 4. The van der Waals surface area contributed by atoms with Gasteiger partial charge in [-0.2, -0.15) is 0 Å². The van der Waals surface area contributed by atoms with E-state index < -0.39 is 0 Å². The number of carbonyl (C=O) groups excluding carboxylic acids is 4. The van der Waals surface area contributed by atoms with Crippen molar-refractivity contribution >= 4 is 99.8 Å². The molecule has 0 saturated carbocycles. The molecule has 2 amide bonds. The molecule has 4 atom stereocenters. The zero-order valence-corrected chi connectivity index (χ0v) is 56.8. The summed E-state index contributed by atoms with van der Waals surface area (Å²) in [5, 5.41) is 8.60. The van der Waals surface area contributed by atoms with E-state index in [0.717, 1.165) is 114 Å². The molecule has 0 bridgehead atoms. The van der Waals surface area contributed by atoms with Gasteiger partial charge in [-0.25, -0.2) is 0 Å². The molecule has 2 unspecified atom stereocenters. The van der Waals surface area contributed by atoms with Crippen LogP contribution in [0.2, 0.25) is 0 Å². The van der Waals surface area contributed by atoms with Crippen LogP contribution in [0.5, 0.6) is 11.5 Å². The van der Waals surface area contributed by atoms with Crippen LogP contribution >= 0.6 is 22.7 Å². The predicted octanol–water partition coefficient (Wildman–Crippen LogP) is 13.2. The highest BCUT2D eigenvalue weighted by atomic mass is 32.1. The minimum Gasteiger partial charge on any atom is -0.475 e. The van der Waals surface area contributed by atoms with E-state index >= 15 is 0 Å². The first kappa shape index (κ1) is 67.6. The number of piperazine rings is 3. The zero-order valence-electron chi connectivity index (χ0n) is 55.1. The van der Waals surface area contributed by atoms with E-state index in [1.54, 1.807) is 34.8 Å². The summed E-state index contributed by atoms with van der Waals surface area (Å²) in [6.45, 7) is 15.9. The van der Waals surface area contributed by atoms with E-state index in [0.29, 0.717) is 74.1 Å². The molecule has 18 nitrogen and oxygen atoms in total. The van der Waals surface area contributed by atoms with Crippen LogP contribution in [0.25, 0.3) is 42.0 Å². The minimum absolute atomic E-state index is 0.0736. The van der Waals surface area contributed by atoms with Crippen molar-refractivity contribution in [2.75, 3.05) is 75.2 Å². The van der Waals surface area contributed by atoms with Crippen LogP contribution in [0.15, 0.2) is 130 Å². The van der Waals surface area contributed by atoms with Crippen molar-refractivity contribution in [3.8, 4) is 11.5 Å². The van der Waals surface area contributed by atoms with Crippen molar-refractivity contribution in [3.05, 3.63) is 141 Å². The van der Waals surface area contributed by atoms with Gasteiger partial charge in [-0.15, -0.1) is 22.7 Å². The summed E-state index contributed by atoms with van der Waals surface area (Å²) < 4.78 is 30.3. The van der Waals surface area contributed by atoms with Gasteiger partial charge >= 0.3 is 11.9 Å². The van der Waals surface area contributed by atoms with E-state index in [9.17, 15) is 28.8 Å². The van der Waals surface area contributed by atoms with E-state index in [4.69, 9.17) is 18.9 Å². The number of unbranched alkanes of at least 4 members (excludes halogenated alkanes) is 6. The molecule has 7 heterocycles. The molecule has 0 radical (unpaired) electrons. The first-order valence-corrected chi connectivity index (χ1v) is 36.0. The topological polar surface area (TPSA) is 169 Å². The van der Waals surface area contributed by atoms with Gasteiger partial charge in [-0.05, 0) is 147 Å². The van der Waals surface area contributed by atoms with Crippen molar-refractivity contribution < 1.29 is 38.1 Å². The number of pyridine rings is 2. The summed E-state index contributed by atoms with van der Waals surface area (Å²) in [7, 11) is 0. The van der Waals surface area contributed by atoms with Crippen LogP contribution in [0.3, 0.4) is 0 Å². The second-order valence-electron chi connectivity index (χ2n) is 25.5. The molecule has 0 spiro atoms. The number of hydrogen-bond acceptors (Lipinski definition) is 16. The molecule has 3 aliphatic heterocycles. The molecule has 4 aromatic carbocycles. The lowest BCUT2D eigenvalue weighted by atomic mass is 10.0. The maximum absolute atomic E-state index is 13.5. The predicted molar refractivity (Wildman–Crippen MR) is 376 cm³/mol. The summed E-state index contributed by atoms with van der Waals surface area (Å²) >= 11 is 3.54. The third kappa shape index (κ3) is 16.8. The molecule has 94 heavy (non-hydrogen) atoms. The largest absolute Gasteiger partial charge is 0.475 e. The van der Waals surface area contributed by atoms with Gasteiger partial charge in [0, 0.05) is 159 Å². The van der Waals surface area contributed by atoms with Crippen LogP contribution in [-0.4, -0.2) is 142 Å². The Bertz CT molecular complexity index is 3740. The molecule has 20 heteroatoms. The molecule has 0 N–H and O–H groups in total. The summed E-state index contributed by atoms with van der Waals surface area (Å²) in [6, 6.07) is 35.3. The molecular formula is C74H92N8O10S2. The van der Waals surface area contributed by atoms with Gasteiger partial charge < -0.3 is 38.5 Å². The lowest BCUT2D eigenvalue weighted by Gasteiger charge is -2.44. The number of fused-ring (bicyclic) bond motifs is 4. The minimum atomic E-state index is -0.381. The first-order chi connectivity index (χ1) is 45.8. The van der Waals surface area contributed by atoms with Gasteiger partial charge in [0.2, 0.25) is 11.8 Å². The third-order valence-corrected chi connectivity index (χ3v) is 20.8. The molecule has 3 fully saturated rings. The number of esters is 2. The average Bonchev–Trinajstić information content (AvgIpc) is 2.12. The highest BCUT2D eigenvalue weighted by Crippen LogP contribution is 2.34. The smallest absolute Gasteiger partial charge is 0.307 e. The van der Waals surface area contributed by atoms with Crippen LogP contribution in [-0.2, 0) is 42.1 Å². The Morgan fingerprint density at radius 2 is 0.872 bits per heavy atom. The summed E-state index contributed by atoms with van der Waals surface area (Å²) in [6.07, 6.45) is 10.3. The third-order valence-electron chi connectivity index (χ3n) is 19.0. The van der Waals surface area contributed by atoms with Crippen molar-refractivity contribution in [3.63, 3.8) is 0 Å². The Morgan fingerprint density at radius 3 is 1.28 bits per heavy atom. The van der Waals surface area contributed by atoms with Crippen LogP contribution in [0.1, 0.15) is 130 Å². The van der Waals surface area contributed by atoms with Crippen LogP contribution in [0.4, 0.5) is 11.4 Å². The molecular weight excluding hydrogens is 1220 g/mol. The number of amides is 2. The van der Waals surface area contributed by atoms with Gasteiger partial charge in [0.1, 0.15) is 11.5 Å². The van der Waals surface area contributed by atoms with Gasteiger partial charge in [-0.3, -0.25) is 47.7 Å². The van der Waals surface area contributed by atoms with Gasteiger partial charge in [0.05, 0.1) is 11.0 Å².